The molecule has 42 heavy (non-hydrogen) atoms. The van der Waals surface area contributed by atoms with Crippen LogP contribution >= 0.6 is 23.2 Å². The van der Waals surface area contributed by atoms with Gasteiger partial charge in [0.05, 0.1) is 21.1 Å². The largest absolute Gasteiger partial charge is 0.480 e. The van der Waals surface area contributed by atoms with Gasteiger partial charge in [-0.3, -0.25) is 9.69 Å². The molecule has 1 aromatic heterocycles. The molecular weight excluding hydrogens is 577 g/mol. The van der Waals surface area contributed by atoms with Crippen molar-refractivity contribution in [3.63, 3.8) is 0 Å². The highest BCUT2D eigenvalue weighted by Crippen LogP contribution is 2.25. The summed E-state index contributed by atoms with van der Waals surface area (Å²) in [4.78, 5) is 43.1. The lowest BCUT2D eigenvalue weighted by Crippen LogP contribution is -2.42. The second-order valence-electron chi connectivity index (χ2n) is 10.9. The molecule has 1 heterocycles. The Kier molecular flexibility index (Phi) is 9.39. The second-order valence-corrected chi connectivity index (χ2v) is 11.7. The van der Waals surface area contributed by atoms with E-state index in [0.29, 0.717) is 12.2 Å². The van der Waals surface area contributed by atoms with Crippen molar-refractivity contribution in [3.8, 4) is 0 Å². The van der Waals surface area contributed by atoms with Gasteiger partial charge in [-0.05, 0) is 74.2 Å². The van der Waals surface area contributed by atoms with Gasteiger partial charge < -0.3 is 15.2 Å². The Labute approximate surface area is 254 Å². The summed E-state index contributed by atoms with van der Waals surface area (Å²) in [6, 6.07) is 20.7. The summed E-state index contributed by atoms with van der Waals surface area (Å²) < 4.78 is 5.45. The van der Waals surface area contributed by atoms with E-state index < -0.39 is 29.6 Å². The monoisotopic (exact) mass is 607 g/mol. The van der Waals surface area contributed by atoms with Gasteiger partial charge in [0.2, 0.25) is 0 Å². The first-order chi connectivity index (χ1) is 19.8. The third kappa shape index (κ3) is 7.78. The molecule has 1 atom stereocenters. The average Bonchev–Trinajstić information content (AvgIpc) is 2.91. The summed E-state index contributed by atoms with van der Waals surface area (Å²) in [7, 11) is 1.62. The standard InChI is InChI=1S/C32H31Cl2N3O5/c1-32(2,3)42-31(41)37(4)27-15-14-22-13-12-21(18-25(22)35-27)16-19-8-10-20(11-9-19)17-26(30(39)40)36-29(38)28-23(33)6-5-7-24(28)34/h5-15,18,26H,16-17H2,1-4H3,(H,36,38)(H,39,40)/t26-/m0/s1. The molecule has 218 valence electrons. The molecule has 2 amide bonds. The van der Waals surface area contributed by atoms with Gasteiger partial charge in [-0.1, -0.05) is 65.7 Å². The number of benzene rings is 3. The van der Waals surface area contributed by atoms with Crippen LogP contribution in [-0.2, 0) is 22.4 Å². The number of hydrogen-bond acceptors (Lipinski definition) is 5. The molecule has 0 aliphatic heterocycles. The molecule has 0 bridgehead atoms. The van der Waals surface area contributed by atoms with E-state index in [4.69, 9.17) is 27.9 Å². The van der Waals surface area contributed by atoms with Crippen molar-refractivity contribution in [1.82, 2.24) is 10.3 Å². The molecule has 4 rings (SSSR count). The number of rotatable bonds is 8. The van der Waals surface area contributed by atoms with Crippen LogP contribution in [0.2, 0.25) is 10.0 Å². The topological polar surface area (TPSA) is 109 Å². The summed E-state index contributed by atoms with van der Waals surface area (Å²) in [6.45, 7) is 5.44. The Hall–Kier alpha value is -4.14. The van der Waals surface area contributed by atoms with Crippen molar-refractivity contribution in [2.24, 2.45) is 0 Å². The number of carbonyl (C=O) groups excluding carboxylic acids is 2. The maximum atomic E-state index is 12.7. The van der Waals surface area contributed by atoms with Crippen LogP contribution in [0, 0.1) is 0 Å². The van der Waals surface area contributed by atoms with Gasteiger partial charge in [0.25, 0.3) is 5.91 Å². The highest BCUT2D eigenvalue weighted by molar-refractivity contribution is 6.39. The number of amides is 2. The van der Waals surface area contributed by atoms with Crippen molar-refractivity contribution in [2.45, 2.75) is 45.3 Å². The molecule has 0 radical (unpaired) electrons. The highest BCUT2D eigenvalue weighted by atomic mass is 35.5. The maximum absolute atomic E-state index is 12.7. The van der Waals surface area contributed by atoms with Crippen molar-refractivity contribution < 1.29 is 24.2 Å². The fourth-order valence-corrected chi connectivity index (χ4v) is 4.85. The zero-order valence-electron chi connectivity index (χ0n) is 23.7. The van der Waals surface area contributed by atoms with Crippen molar-refractivity contribution >= 4 is 57.9 Å². The Morgan fingerprint density at radius 3 is 2.14 bits per heavy atom. The number of hydrogen-bond donors (Lipinski definition) is 2. The van der Waals surface area contributed by atoms with Gasteiger partial charge >= 0.3 is 12.1 Å². The Morgan fingerprint density at radius 1 is 0.929 bits per heavy atom. The number of nitrogens with one attached hydrogen (secondary N) is 1. The molecular formula is C32H31Cl2N3O5. The van der Waals surface area contributed by atoms with Crippen LogP contribution in [0.1, 0.15) is 47.8 Å². The third-order valence-electron chi connectivity index (χ3n) is 6.42. The second kappa shape index (κ2) is 12.8. The molecule has 4 aromatic rings. The number of pyridine rings is 1. The van der Waals surface area contributed by atoms with Crippen LogP contribution in [0.3, 0.4) is 0 Å². The first kappa shape index (κ1) is 30.8. The van der Waals surface area contributed by atoms with Crippen LogP contribution < -0.4 is 10.2 Å². The predicted octanol–water partition coefficient (Wildman–Crippen LogP) is 6.93. The number of carbonyl (C=O) groups is 3. The minimum Gasteiger partial charge on any atom is -0.480 e. The zero-order valence-corrected chi connectivity index (χ0v) is 25.2. The summed E-state index contributed by atoms with van der Waals surface area (Å²) >= 11 is 12.2. The first-order valence-electron chi connectivity index (χ1n) is 13.2. The molecule has 0 saturated heterocycles. The molecule has 0 aliphatic carbocycles. The van der Waals surface area contributed by atoms with E-state index in [-0.39, 0.29) is 22.0 Å². The molecule has 3 aromatic carbocycles. The lowest BCUT2D eigenvalue weighted by atomic mass is 9.99. The van der Waals surface area contributed by atoms with Gasteiger partial charge in [0.15, 0.2) is 0 Å². The number of carboxylic acids is 1. The summed E-state index contributed by atoms with van der Waals surface area (Å²) in [5, 5.41) is 13.5. The van der Waals surface area contributed by atoms with E-state index in [1.165, 1.54) is 17.0 Å². The van der Waals surface area contributed by atoms with Crippen molar-refractivity contribution in [1.29, 1.82) is 0 Å². The van der Waals surface area contributed by atoms with Crippen LogP contribution in [-0.4, -0.2) is 46.8 Å². The Balaban J connectivity index is 1.44. The number of halogens is 2. The van der Waals surface area contributed by atoms with Gasteiger partial charge in [0.1, 0.15) is 17.5 Å². The summed E-state index contributed by atoms with van der Waals surface area (Å²) in [6.07, 6.45) is 0.216. The fraction of sp³-hybridized carbons (Fsp3) is 0.250. The molecule has 10 heteroatoms. The zero-order chi connectivity index (χ0) is 30.6. The lowest BCUT2D eigenvalue weighted by molar-refractivity contribution is -0.139. The van der Waals surface area contributed by atoms with E-state index in [1.54, 1.807) is 19.2 Å². The number of ether oxygens (including phenoxy) is 1. The minimum atomic E-state index is -1.17. The SMILES string of the molecule is CN(C(=O)OC(C)(C)C)c1ccc2ccc(Cc3ccc(C[C@H](NC(=O)c4c(Cl)cccc4Cl)C(=O)O)cc3)cc2n1. The minimum absolute atomic E-state index is 0.0379. The molecule has 2 N–H and O–H groups in total. The van der Waals surface area contributed by atoms with Crippen LogP contribution in [0.15, 0.2) is 72.8 Å². The van der Waals surface area contributed by atoms with E-state index in [9.17, 15) is 19.5 Å². The number of anilines is 1. The van der Waals surface area contributed by atoms with Crippen LogP contribution in [0.4, 0.5) is 10.6 Å². The van der Waals surface area contributed by atoms with Crippen molar-refractivity contribution in [3.05, 3.63) is 105 Å². The van der Waals surface area contributed by atoms with Gasteiger partial charge in [-0.2, -0.15) is 0 Å². The van der Waals surface area contributed by atoms with E-state index in [2.05, 4.69) is 10.3 Å². The highest BCUT2D eigenvalue weighted by Gasteiger charge is 2.24. The lowest BCUT2D eigenvalue weighted by Gasteiger charge is -2.24. The maximum Gasteiger partial charge on any atom is 0.415 e. The van der Waals surface area contributed by atoms with Crippen LogP contribution in [0.5, 0.6) is 0 Å². The molecule has 0 saturated carbocycles. The van der Waals surface area contributed by atoms with E-state index in [0.717, 1.165) is 27.6 Å². The smallest absolute Gasteiger partial charge is 0.415 e. The first-order valence-corrected chi connectivity index (χ1v) is 14.0. The predicted molar refractivity (Wildman–Crippen MR) is 165 cm³/mol. The summed E-state index contributed by atoms with van der Waals surface area (Å²) in [5.41, 5.74) is 2.95. The van der Waals surface area contributed by atoms with Gasteiger partial charge in [0, 0.05) is 18.9 Å². The molecule has 0 aliphatic rings. The van der Waals surface area contributed by atoms with Crippen LogP contribution in [0.25, 0.3) is 10.9 Å². The molecule has 0 fully saturated rings. The number of aliphatic carboxylic acids is 1. The third-order valence-corrected chi connectivity index (χ3v) is 7.05. The van der Waals surface area contributed by atoms with E-state index in [1.807, 2.05) is 69.3 Å². The molecule has 0 unspecified atom stereocenters. The number of carboxylic acid groups (broad SMARTS) is 1. The molecule has 8 nitrogen and oxygen atoms in total. The number of aromatic nitrogens is 1. The Bertz CT molecular complexity index is 1610. The fourth-order valence-electron chi connectivity index (χ4n) is 4.28. The normalized spacial score (nSPS) is 12.0. The molecule has 0 spiro atoms. The number of nitrogens with zero attached hydrogens (tertiary/aromatic N) is 2. The van der Waals surface area contributed by atoms with Crippen molar-refractivity contribution in [2.75, 3.05) is 11.9 Å². The summed E-state index contributed by atoms with van der Waals surface area (Å²) in [5.74, 6) is -1.34. The van der Waals surface area contributed by atoms with Gasteiger partial charge in [-0.15, -0.1) is 0 Å². The average molecular weight is 609 g/mol. The van der Waals surface area contributed by atoms with Gasteiger partial charge in [-0.25, -0.2) is 14.6 Å². The van der Waals surface area contributed by atoms with E-state index >= 15 is 0 Å². The quantitative estimate of drug-likeness (QED) is 0.225. The number of fused-ring (bicyclic) bond motifs is 1. The Morgan fingerprint density at radius 2 is 1.52 bits per heavy atom.